The molecule has 1 rings (SSSR count). The maximum atomic E-state index is 11.1. The predicted molar refractivity (Wildman–Crippen MR) is 45.3 cm³/mol. The van der Waals surface area contributed by atoms with E-state index < -0.39 is 9.84 Å². The molecular weight excluding hydrogens is 176 g/mol. The van der Waals surface area contributed by atoms with Crippen molar-refractivity contribution in [3.05, 3.63) is 0 Å². The SMILES string of the molecule is CS(=O)(=O)C1CCN(CC#N)C1. The maximum absolute atomic E-state index is 11.1. The first-order valence-corrected chi connectivity index (χ1v) is 5.77. The van der Waals surface area contributed by atoms with E-state index in [4.69, 9.17) is 5.26 Å². The van der Waals surface area contributed by atoms with Crippen molar-refractivity contribution in [1.82, 2.24) is 4.90 Å². The van der Waals surface area contributed by atoms with Crippen molar-refractivity contribution in [2.45, 2.75) is 11.7 Å². The average molecular weight is 188 g/mol. The topological polar surface area (TPSA) is 61.2 Å². The van der Waals surface area contributed by atoms with Crippen LogP contribution in [0.15, 0.2) is 0 Å². The van der Waals surface area contributed by atoms with E-state index in [0.29, 0.717) is 19.5 Å². The number of nitriles is 1. The summed E-state index contributed by atoms with van der Waals surface area (Å²) in [5.74, 6) is 0. The summed E-state index contributed by atoms with van der Waals surface area (Å²) >= 11 is 0. The first kappa shape index (κ1) is 9.49. The number of hydrogen-bond donors (Lipinski definition) is 0. The molecule has 12 heavy (non-hydrogen) atoms. The van der Waals surface area contributed by atoms with E-state index in [1.54, 1.807) is 0 Å². The monoisotopic (exact) mass is 188 g/mol. The zero-order valence-corrected chi connectivity index (χ0v) is 7.84. The Bertz CT molecular complexity index is 291. The van der Waals surface area contributed by atoms with Crippen LogP contribution in [0.25, 0.3) is 0 Å². The van der Waals surface area contributed by atoms with Gasteiger partial charge in [0.15, 0.2) is 9.84 Å². The number of nitrogens with zero attached hydrogens (tertiary/aromatic N) is 2. The second-order valence-electron chi connectivity index (χ2n) is 3.13. The van der Waals surface area contributed by atoms with E-state index in [-0.39, 0.29) is 5.25 Å². The predicted octanol–water partition coefficient (Wildman–Crippen LogP) is -0.371. The zero-order valence-electron chi connectivity index (χ0n) is 7.02. The molecule has 0 aromatic rings. The van der Waals surface area contributed by atoms with Crippen LogP contribution in [0.2, 0.25) is 0 Å². The van der Waals surface area contributed by atoms with E-state index in [2.05, 4.69) is 0 Å². The smallest absolute Gasteiger partial charge is 0.151 e. The molecule has 0 aromatic carbocycles. The summed E-state index contributed by atoms with van der Waals surface area (Å²) in [6.45, 7) is 1.59. The summed E-state index contributed by atoms with van der Waals surface area (Å²) in [6.07, 6.45) is 1.92. The average Bonchev–Trinajstić information content (AvgIpc) is 2.35. The van der Waals surface area contributed by atoms with Gasteiger partial charge < -0.3 is 0 Å². The number of likely N-dealkylation sites (tertiary alicyclic amines) is 1. The van der Waals surface area contributed by atoms with Gasteiger partial charge in [-0.3, -0.25) is 4.90 Å². The van der Waals surface area contributed by atoms with Crippen LogP contribution in [-0.2, 0) is 9.84 Å². The molecule has 0 spiro atoms. The van der Waals surface area contributed by atoms with E-state index in [9.17, 15) is 8.42 Å². The Kier molecular flexibility index (Phi) is 2.70. The minimum atomic E-state index is -2.90. The quantitative estimate of drug-likeness (QED) is 0.555. The van der Waals surface area contributed by atoms with E-state index in [1.165, 1.54) is 6.26 Å². The lowest BCUT2D eigenvalue weighted by Crippen LogP contribution is -2.26. The normalized spacial score (nSPS) is 25.5. The molecule has 0 saturated carbocycles. The largest absolute Gasteiger partial charge is 0.289 e. The van der Waals surface area contributed by atoms with Crippen LogP contribution in [0.1, 0.15) is 6.42 Å². The highest BCUT2D eigenvalue weighted by atomic mass is 32.2. The summed E-state index contributed by atoms with van der Waals surface area (Å²) in [5, 5.41) is 8.12. The summed E-state index contributed by atoms with van der Waals surface area (Å²) in [6, 6.07) is 2.01. The van der Waals surface area contributed by atoms with Crippen molar-refractivity contribution in [3.8, 4) is 6.07 Å². The first-order chi connectivity index (χ1) is 5.54. The van der Waals surface area contributed by atoms with Crippen LogP contribution >= 0.6 is 0 Å². The molecule has 0 bridgehead atoms. The van der Waals surface area contributed by atoms with E-state index in [0.717, 1.165) is 6.54 Å². The third kappa shape index (κ3) is 2.19. The highest BCUT2D eigenvalue weighted by Gasteiger charge is 2.29. The molecule has 1 unspecified atom stereocenters. The second kappa shape index (κ2) is 3.42. The number of sulfone groups is 1. The number of hydrogen-bond acceptors (Lipinski definition) is 4. The van der Waals surface area contributed by atoms with E-state index in [1.807, 2.05) is 11.0 Å². The van der Waals surface area contributed by atoms with Crippen LogP contribution in [-0.4, -0.2) is 44.5 Å². The maximum Gasteiger partial charge on any atom is 0.151 e. The molecular formula is C7H12N2O2S. The molecule has 1 saturated heterocycles. The summed E-state index contributed by atoms with van der Waals surface area (Å²) in [7, 11) is -2.90. The van der Waals surface area contributed by atoms with Crippen LogP contribution in [0.4, 0.5) is 0 Å². The van der Waals surface area contributed by atoms with Crippen LogP contribution < -0.4 is 0 Å². The Balaban J connectivity index is 2.53. The zero-order chi connectivity index (χ0) is 9.19. The molecule has 1 atom stereocenters. The minimum Gasteiger partial charge on any atom is -0.289 e. The van der Waals surface area contributed by atoms with Crippen molar-refractivity contribution >= 4 is 9.84 Å². The van der Waals surface area contributed by atoms with Gasteiger partial charge in [0.05, 0.1) is 17.9 Å². The van der Waals surface area contributed by atoms with Crippen molar-refractivity contribution < 1.29 is 8.42 Å². The fourth-order valence-electron chi connectivity index (χ4n) is 1.39. The molecule has 1 aliphatic heterocycles. The van der Waals surface area contributed by atoms with Gasteiger partial charge in [-0.2, -0.15) is 5.26 Å². The van der Waals surface area contributed by atoms with Crippen molar-refractivity contribution in [2.24, 2.45) is 0 Å². The molecule has 0 aromatic heterocycles. The van der Waals surface area contributed by atoms with Crippen molar-refractivity contribution in [1.29, 1.82) is 5.26 Å². The summed E-state index contributed by atoms with van der Waals surface area (Å²) in [4.78, 5) is 1.87. The summed E-state index contributed by atoms with van der Waals surface area (Å²) in [5.41, 5.74) is 0. The van der Waals surface area contributed by atoms with Gasteiger partial charge in [0.25, 0.3) is 0 Å². The lowest BCUT2D eigenvalue weighted by Gasteiger charge is -2.09. The second-order valence-corrected chi connectivity index (χ2v) is 5.46. The van der Waals surface area contributed by atoms with Gasteiger partial charge in [-0.15, -0.1) is 0 Å². The molecule has 1 aliphatic rings. The van der Waals surface area contributed by atoms with Crippen molar-refractivity contribution in [2.75, 3.05) is 25.9 Å². The van der Waals surface area contributed by atoms with Gasteiger partial charge in [-0.05, 0) is 6.42 Å². The van der Waals surface area contributed by atoms with Crippen LogP contribution in [0.5, 0.6) is 0 Å². The summed E-state index contributed by atoms with van der Waals surface area (Å²) < 4.78 is 22.1. The Morgan fingerprint density at radius 3 is 2.75 bits per heavy atom. The Hall–Kier alpha value is -0.600. The van der Waals surface area contributed by atoms with E-state index >= 15 is 0 Å². The molecule has 5 heteroatoms. The Morgan fingerprint density at radius 1 is 1.67 bits per heavy atom. The molecule has 1 heterocycles. The molecule has 0 aliphatic carbocycles. The van der Waals surface area contributed by atoms with Gasteiger partial charge in [-0.1, -0.05) is 0 Å². The third-order valence-corrected chi connectivity index (χ3v) is 3.72. The van der Waals surface area contributed by atoms with Crippen molar-refractivity contribution in [3.63, 3.8) is 0 Å². The van der Waals surface area contributed by atoms with Gasteiger partial charge in [0, 0.05) is 19.3 Å². The fraction of sp³-hybridized carbons (Fsp3) is 0.857. The highest BCUT2D eigenvalue weighted by molar-refractivity contribution is 7.91. The molecule has 0 N–H and O–H groups in total. The minimum absolute atomic E-state index is 0.258. The lowest BCUT2D eigenvalue weighted by molar-refractivity contribution is 0.381. The van der Waals surface area contributed by atoms with Gasteiger partial charge in [0.2, 0.25) is 0 Å². The third-order valence-electron chi connectivity index (χ3n) is 2.13. The molecule has 0 radical (unpaired) electrons. The van der Waals surface area contributed by atoms with Crippen LogP contribution in [0, 0.1) is 11.3 Å². The lowest BCUT2D eigenvalue weighted by atomic mass is 10.4. The first-order valence-electron chi connectivity index (χ1n) is 3.82. The molecule has 1 fully saturated rings. The van der Waals surface area contributed by atoms with Gasteiger partial charge in [0.1, 0.15) is 0 Å². The highest BCUT2D eigenvalue weighted by Crippen LogP contribution is 2.15. The standard InChI is InChI=1S/C7H12N2O2S/c1-12(10,11)7-2-4-9(6-7)5-3-8/h7H,2,4-6H2,1H3. The Labute approximate surface area is 72.7 Å². The Morgan fingerprint density at radius 2 is 2.33 bits per heavy atom. The molecule has 0 amide bonds. The van der Waals surface area contributed by atoms with Crippen LogP contribution in [0.3, 0.4) is 0 Å². The fourth-order valence-corrected chi connectivity index (χ4v) is 2.41. The van der Waals surface area contributed by atoms with Gasteiger partial charge in [-0.25, -0.2) is 8.42 Å². The molecule has 68 valence electrons. The number of rotatable bonds is 2. The van der Waals surface area contributed by atoms with Gasteiger partial charge >= 0.3 is 0 Å². The molecule has 4 nitrogen and oxygen atoms in total.